The first-order chi connectivity index (χ1) is 14.7. The van der Waals surface area contributed by atoms with Crippen molar-refractivity contribution in [3.05, 3.63) is 77.1 Å². The van der Waals surface area contributed by atoms with Crippen LogP contribution in [-0.2, 0) is 16.4 Å². The molecule has 0 aliphatic rings. The number of sulfonamides is 1. The van der Waals surface area contributed by atoms with Crippen molar-refractivity contribution in [1.29, 1.82) is 5.26 Å². The van der Waals surface area contributed by atoms with Gasteiger partial charge in [-0.05, 0) is 54.2 Å². The van der Waals surface area contributed by atoms with Crippen LogP contribution in [0.3, 0.4) is 0 Å². The average molecular weight is 453 g/mol. The maximum Gasteiger partial charge on any atom is 0.238 e. The van der Waals surface area contributed by atoms with E-state index in [9.17, 15) is 13.7 Å². The molecule has 0 bridgehead atoms. The Kier molecular flexibility index (Phi) is 5.31. The molecule has 3 heterocycles. The number of nitrogens with zero attached hydrogens (tertiary/aromatic N) is 4. The van der Waals surface area contributed by atoms with Crippen LogP contribution in [0.25, 0.3) is 16.9 Å². The summed E-state index contributed by atoms with van der Waals surface area (Å²) in [4.78, 5) is 8.64. The molecule has 0 aliphatic heterocycles. The normalized spacial score (nSPS) is 11.6. The van der Waals surface area contributed by atoms with Crippen molar-refractivity contribution < 1.29 is 12.8 Å². The zero-order chi connectivity index (χ0) is 22.3. The Morgan fingerprint density at radius 3 is 2.71 bits per heavy atom. The third-order valence-corrected chi connectivity index (χ3v) is 6.18. The fraction of sp³-hybridized carbons (Fsp3) is 0.0952. The lowest BCUT2D eigenvalue weighted by Gasteiger charge is -2.10. The Hall–Kier alpha value is -3.18. The van der Waals surface area contributed by atoms with Crippen molar-refractivity contribution in [2.75, 3.05) is 0 Å². The van der Waals surface area contributed by atoms with Gasteiger partial charge in [-0.1, -0.05) is 0 Å². The van der Waals surface area contributed by atoms with Gasteiger partial charge in [-0.25, -0.2) is 22.9 Å². The minimum absolute atomic E-state index is 0.158. The van der Waals surface area contributed by atoms with E-state index in [0.717, 1.165) is 11.6 Å². The second-order valence-electron chi connectivity index (χ2n) is 7.08. The molecule has 0 radical (unpaired) electrons. The molecule has 1 unspecified atom stereocenters. The van der Waals surface area contributed by atoms with E-state index in [1.54, 1.807) is 18.3 Å². The highest BCUT2D eigenvalue weighted by atomic mass is 32.2. The molecule has 7 nitrogen and oxygen atoms in total. The van der Waals surface area contributed by atoms with Crippen LogP contribution in [0, 0.1) is 24.1 Å². The molecule has 0 fully saturated rings. The Bertz CT molecular complexity index is 1470. The number of pyridine rings is 2. The Morgan fingerprint density at radius 2 is 2.03 bits per heavy atom. The molecule has 0 saturated carbocycles. The number of hydrogen-bond donors (Lipinski definition) is 1. The van der Waals surface area contributed by atoms with Crippen LogP contribution in [0.2, 0.25) is 0 Å². The molecular formula is C21H17FN5O2PS. The van der Waals surface area contributed by atoms with Crippen LogP contribution in [0.15, 0.2) is 53.7 Å². The lowest BCUT2D eigenvalue weighted by Crippen LogP contribution is -2.15. The van der Waals surface area contributed by atoms with E-state index in [2.05, 4.69) is 25.3 Å². The molecule has 31 heavy (non-hydrogen) atoms. The van der Waals surface area contributed by atoms with Crippen LogP contribution in [0.4, 0.5) is 4.39 Å². The minimum Gasteiger partial charge on any atom is -0.303 e. The fourth-order valence-electron chi connectivity index (χ4n) is 3.40. The first-order valence-corrected chi connectivity index (χ1v) is 11.2. The Labute approximate surface area is 180 Å². The highest BCUT2D eigenvalue weighted by Gasteiger charge is 2.22. The molecule has 3 aromatic heterocycles. The number of nitriles is 1. The Morgan fingerprint density at radius 1 is 1.26 bits per heavy atom. The van der Waals surface area contributed by atoms with Crippen molar-refractivity contribution in [2.24, 2.45) is 5.14 Å². The zero-order valence-corrected chi connectivity index (χ0v) is 18.3. The van der Waals surface area contributed by atoms with Crippen molar-refractivity contribution in [3.63, 3.8) is 0 Å². The number of imidazole rings is 1. The summed E-state index contributed by atoms with van der Waals surface area (Å²) >= 11 is 0. The highest BCUT2D eigenvalue weighted by Crippen LogP contribution is 2.30. The number of hydrogen-bond acceptors (Lipinski definition) is 5. The molecular weight excluding hydrogens is 436 g/mol. The molecule has 4 rings (SSSR count). The van der Waals surface area contributed by atoms with E-state index in [4.69, 9.17) is 5.14 Å². The third kappa shape index (κ3) is 4.06. The lowest BCUT2D eigenvalue weighted by atomic mass is 10.1. The Balaban J connectivity index is 1.96. The van der Waals surface area contributed by atoms with E-state index in [1.165, 1.54) is 6.07 Å². The SMILES string of the molecule is Cc1ccn2c(Cc3cc(C#N)ccn3)c(-c3c(F)cc(S(N)(=O)=O)cc3P)nc2c1. The van der Waals surface area contributed by atoms with Crippen LogP contribution >= 0.6 is 9.24 Å². The van der Waals surface area contributed by atoms with Crippen LogP contribution in [0.5, 0.6) is 0 Å². The van der Waals surface area contributed by atoms with Gasteiger partial charge in [0.1, 0.15) is 11.5 Å². The van der Waals surface area contributed by atoms with E-state index < -0.39 is 15.8 Å². The number of halogens is 1. The first kappa shape index (κ1) is 21.1. The van der Waals surface area contributed by atoms with E-state index in [1.807, 2.05) is 29.7 Å². The average Bonchev–Trinajstić information content (AvgIpc) is 3.03. The van der Waals surface area contributed by atoms with Gasteiger partial charge in [0.2, 0.25) is 10.0 Å². The quantitative estimate of drug-likeness (QED) is 0.477. The monoisotopic (exact) mass is 453 g/mol. The second kappa shape index (κ2) is 7.82. The number of aryl methyl sites for hydroxylation is 1. The summed E-state index contributed by atoms with van der Waals surface area (Å²) in [5.41, 5.74) is 3.85. The number of fused-ring (bicyclic) bond motifs is 1. The second-order valence-corrected chi connectivity index (χ2v) is 9.26. The minimum atomic E-state index is -4.06. The molecule has 4 aromatic rings. The molecule has 2 N–H and O–H groups in total. The maximum atomic E-state index is 15.1. The van der Waals surface area contributed by atoms with Gasteiger partial charge in [-0.3, -0.25) is 4.98 Å². The largest absolute Gasteiger partial charge is 0.303 e. The summed E-state index contributed by atoms with van der Waals surface area (Å²) in [5, 5.41) is 14.7. The lowest BCUT2D eigenvalue weighted by molar-refractivity contribution is 0.593. The molecule has 10 heteroatoms. The highest BCUT2D eigenvalue weighted by molar-refractivity contribution is 7.89. The zero-order valence-electron chi connectivity index (χ0n) is 16.4. The maximum absolute atomic E-state index is 15.1. The molecule has 0 spiro atoms. The summed E-state index contributed by atoms with van der Waals surface area (Å²) in [5.74, 6) is -0.753. The summed E-state index contributed by atoms with van der Waals surface area (Å²) in [6, 6.07) is 11.3. The number of rotatable bonds is 4. The van der Waals surface area contributed by atoms with E-state index >= 15 is 4.39 Å². The van der Waals surface area contributed by atoms with Gasteiger partial charge in [0, 0.05) is 30.1 Å². The van der Waals surface area contributed by atoms with Crippen LogP contribution in [-0.4, -0.2) is 22.8 Å². The number of benzene rings is 1. The van der Waals surface area contributed by atoms with Crippen LogP contribution in [0.1, 0.15) is 22.5 Å². The predicted molar refractivity (Wildman–Crippen MR) is 118 cm³/mol. The van der Waals surface area contributed by atoms with E-state index in [-0.39, 0.29) is 16.9 Å². The van der Waals surface area contributed by atoms with Gasteiger partial charge < -0.3 is 4.40 Å². The topological polar surface area (TPSA) is 114 Å². The van der Waals surface area contributed by atoms with Gasteiger partial charge in [-0.2, -0.15) is 5.26 Å². The summed E-state index contributed by atoms with van der Waals surface area (Å²) in [6.07, 6.45) is 3.67. The number of primary sulfonamides is 1. The van der Waals surface area contributed by atoms with Crippen molar-refractivity contribution >= 4 is 30.2 Å². The van der Waals surface area contributed by atoms with Crippen molar-refractivity contribution in [1.82, 2.24) is 14.4 Å². The molecule has 1 aromatic carbocycles. The number of nitrogens with two attached hydrogens (primary N) is 1. The van der Waals surface area contributed by atoms with E-state index in [0.29, 0.717) is 33.6 Å². The van der Waals surface area contributed by atoms with Gasteiger partial charge in [0.15, 0.2) is 0 Å². The van der Waals surface area contributed by atoms with Gasteiger partial charge in [-0.15, -0.1) is 9.24 Å². The standard InChI is InChI=1S/C21H17FN5O2PS/c1-12-3-5-27-17(8-14-7-13(11-23)2-4-25-14)21(26-19(27)6-12)20-16(22)9-15(10-18(20)30)31(24,28)29/h2-7,9-10H,8,30H2,1H3,(H2,24,28,29). The van der Waals surface area contributed by atoms with Crippen molar-refractivity contribution in [2.45, 2.75) is 18.2 Å². The third-order valence-electron chi connectivity index (χ3n) is 4.83. The fourth-order valence-corrected chi connectivity index (χ4v) is 4.53. The van der Waals surface area contributed by atoms with Crippen molar-refractivity contribution in [3.8, 4) is 17.3 Å². The first-order valence-electron chi connectivity index (χ1n) is 9.12. The molecule has 0 aliphatic carbocycles. The molecule has 0 amide bonds. The van der Waals surface area contributed by atoms with Gasteiger partial charge in [0.25, 0.3) is 0 Å². The van der Waals surface area contributed by atoms with Crippen LogP contribution < -0.4 is 10.4 Å². The molecule has 156 valence electrons. The summed E-state index contributed by atoms with van der Waals surface area (Å²) in [7, 11) is -1.71. The molecule has 0 saturated heterocycles. The van der Waals surface area contributed by atoms with Gasteiger partial charge in [0.05, 0.1) is 27.9 Å². The smallest absolute Gasteiger partial charge is 0.238 e. The molecule has 1 atom stereocenters. The summed E-state index contributed by atoms with van der Waals surface area (Å²) in [6.45, 7) is 1.93. The predicted octanol–water partition coefficient (Wildman–Crippen LogP) is 2.45. The summed E-state index contributed by atoms with van der Waals surface area (Å²) < 4.78 is 40.3. The number of aromatic nitrogens is 3. The van der Waals surface area contributed by atoms with Gasteiger partial charge >= 0.3 is 0 Å².